The fourth-order valence-corrected chi connectivity index (χ4v) is 2.06. The summed E-state index contributed by atoms with van der Waals surface area (Å²) in [6.07, 6.45) is -1.36. The molecule has 0 aromatic heterocycles. The average molecular weight is 236 g/mol. The van der Waals surface area contributed by atoms with Crippen molar-refractivity contribution < 1.29 is 28.8 Å². The van der Waals surface area contributed by atoms with Gasteiger partial charge in [-0.05, 0) is 0 Å². The first kappa shape index (κ1) is 13.8. The molecule has 1 rings (SSSR count). The number of ether oxygens (including phenoxy) is 5. The molecule has 6 nitrogen and oxygen atoms in total. The van der Waals surface area contributed by atoms with E-state index in [4.69, 9.17) is 23.7 Å². The maximum Gasteiger partial charge on any atom is 0.219 e. The van der Waals surface area contributed by atoms with Gasteiger partial charge in [0.25, 0.3) is 0 Å². The SMILES string of the molecule is COCC1OC(O)(COC)C(OC)C1OC. The molecule has 16 heavy (non-hydrogen) atoms. The van der Waals surface area contributed by atoms with Gasteiger partial charge in [0, 0.05) is 28.4 Å². The largest absolute Gasteiger partial charge is 0.382 e. The molecule has 0 aliphatic carbocycles. The molecule has 96 valence electrons. The molecule has 0 bridgehead atoms. The van der Waals surface area contributed by atoms with E-state index in [1.165, 1.54) is 14.2 Å². The number of hydrogen-bond donors (Lipinski definition) is 1. The van der Waals surface area contributed by atoms with Crippen molar-refractivity contribution in [3.63, 3.8) is 0 Å². The minimum Gasteiger partial charge on any atom is -0.382 e. The van der Waals surface area contributed by atoms with Gasteiger partial charge >= 0.3 is 0 Å². The van der Waals surface area contributed by atoms with E-state index in [0.717, 1.165) is 0 Å². The molecular formula is C10H20O6. The van der Waals surface area contributed by atoms with E-state index >= 15 is 0 Å². The molecule has 1 saturated heterocycles. The molecule has 1 fully saturated rings. The van der Waals surface area contributed by atoms with Crippen molar-refractivity contribution in [1.82, 2.24) is 0 Å². The first-order valence-electron chi connectivity index (χ1n) is 5.06. The highest BCUT2D eigenvalue weighted by atomic mass is 16.7. The van der Waals surface area contributed by atoms with Crippen LogP contribution < -0.4 is 0 Å². The summed E-state index contributed by atoms with van der Waals surface area (Å²) in [5.41, 5.74) is 0. The van der Waals surface area contributed by atoms with E-state index in [9.17, 15) is 5.11 Å². The van der Waals surface area contributed by atoms with E-state index in [0.29, 0.717) is 6.61 Å². The van der Waals surface area contributed by atoms with Gasteiger partial charge in [-0.25, -0.2) is 0 Å². The van der Waals surface area contributed by atoms with Crippen molar-refractivity contribution in [3.05, 3.63) is 0 Å². The van der Waals surface area contributed by atoms with Crippen LogP contribution in [0.15, 0.2) is 0 Å². The zero-order valence-electron chi connectivity index (χ0n) is 10.1. The van der Waals surface area contributed by atoms with Gasteiger partial charge in [0.2, 0.25) is 5.79 Å². The number of hydrogen-bond acceptors (Lipinski definition) is 6. The van der Waals surface area contributed by atoms with Crippen molar-refractivity contribution in [3.8, 4) is 0 Å². The van der Waals surface area contributed by atoms with E-state index in [2.05, 4.69) is 0 Å². The van der Waals surface area contributed by atoms with Crippen molar-refractivity contribution in [2.75, 3.05) is 41.7 Å². The lowest BCUT2D eigenvalue weighted by Crippen LogP contribution is -2.48. The summed E-state index contributed by atoms with van der Waals surface area (Å²) >= 11 is 0. The quantitative estimate of drug-likeness (QED) is 0.664. The number of rotatable bonds is 6. The Morgan fingerprint density at radius 1 is 1.12 bits per heavy atom. The maximum absolute atomic E-state index is 10.2. The van der Waals surface area contributed by atoms with E-state index in [-0.39, 0.29) is 18.8 Å². The van der Waals surface area contributed by atoms with Gasteiger partial charge < -0.3 is 28.8 Å². The summed E-state index contributed by atoms with van der Waals surface area (Å²) in [6, 6.07) is 0. The smallest absolute Gasteiger partial charge is 0.219 e. The molecular weight excluding hydrogens is 216 g/mol. The third-order valence-corrected chi connectivity index (χ3v) is 2.67. The molecule has 1 aliphatic rings. The Morgan fingerprint density at radius 2 is 1.81 bits per heavy atom. The Hall–Kier alpha value is -0.240. The average Bonchev–Trinajstić information content (AvgIpc) is 2.51. The van der Waals surface area contributed by atoms with Crippen LogP contribution in [0.25, 0.3) is 0 Å². The molecule has 6 heteroatoms. The summed E-state index contributed by atoms with van der Waals surface area (Å²) < 4.78 is 25.9. The fraction of sp³-hybridized carbons (Fsp3) is 1.00. The van der Waals surface area contributed by atoms with Gasteiger partial charge in [0.1, 0.15) is 24.9 Å². The van der Waals surface area contributed by atoms with Crippen LogP contribution in [-0.2, 0) is 23.7 Å². The van der Waals surface area contributed by atoms with Crippen LogP contribution in [0.3, 0.4) is 0 Å². The monoisotopic (exact) mass is 236 g/mol. The lowest BCUT2D eigenvalue weighted by Gasteiger charge is -2.27. The third kappa shape index (κ3) is 2.53. The predicted octanol–water partition coefficient (Wildman–Crippen LogP) is -0.603. The van der Waals surface area contributed by atoms with Crippen molar-refractivity contribution in [2.45, 2.75) is 24.1 Å². The lowest BCUT2D eigenvalue weighted by atomic mass is 10.1. The van der Waals surface area contributed by atoms with Crippen LogP contribution in [0, 0.1) is 0 Å². The molecule has 1 aliphatic heterocycles. The normalized spacial score (nSPS) is 39.2. The summed E-state index contributed by atoms with van der Waals surface area (Å²) in [5.74, 6) is -1.49. The number of methoxy groups -OCH3 is 4. The van der Waals surface area contributed by atoms with Gasteiger partial charge in [0.15, 0.2) is 0 Å². The number of aliphatic hydroxyl groups is 1. The predicted molar refractivity (Wildman–Crippen MR) is 55.2 cm³/mol. The Kier molecular flexibility index (Phi) is 5.10. The lowest BCUT2D eigenvalue weighted by molar-refractivity contribution is -0.256. The molecule has 4 unspecified atom stereocenters. The van der Waals surface area contributed by atoms with Gasteiger partial charge in [-0.15, -0.1) is 0 Å². The molecule has 0 spiro atoms. The van der Waals surface area contributed by atoms with Crippen LogP contribution >= 0.6 is 0 Å². The first-order valence-corrected chi connectivity index (χ1v) is 5.06. The van der Waals surface area contributed by atoms with Crippen molar-refractivity contribution >= 4 is 0 Å². The third-order valence-electron chi connectivity index (χ3n) is 2.67. The van der Waals surface area contributed by atoms with E-state index < -0.39 is 11.9 Å². The Labute approximate surface area is 95.4 Å². The van der Waals surface area contributed by atoms with Gasteiger partial charge in [-0.1, -0.05) is 0 Å². The van der Waals surface area contributed by atoms with Crippen LogP contribution in [0.4, 0.5) is 0 Å². The van der Waals surface area contributed by atoms with Crippen LogP contribution in [-0.4, -0.2) is 70.9 Å². The highest BCUT2D eigenvalue weighted by Crippen LogP contribution is 2.33. The second kappa shape index (κ2) is 5.90. The van der Waals surface area contributed by atoms with Crippen LogP contribution in [0.1, 0.15) is 0 Å². The second-order valence-corrected chi connectivity index (χ2v) is 3.75. The molecule has 1 N–H and O–H groups in total. The minimum absolute atomic E-state index is 0.0194. The summed E-state index contributed by atoms with van der Waals surface area (Å²) in [6.45, 7) is 0.343. The van der Waals surface area contributed by atoms with Crippen molar-refractivity contribution in [1.29, 1.82) is 0 Å². The Bertz CT molecular complexity index is 211. The standard InChI is InChI=1S/C10H20O6/c1-12-5-7-8(14-3)9(15-4)10(11,16-7)6-13-2/h7-9,11H,5-6H2,1-4H3. The Morgan fingerprint density at radius 3 is 2.25 bits per heavy atom. The van der Waals surface area contributed by atoms with Crippen LogP contribution in [0.5, 0.6) is 0 Å². The molecule has 1 heterocycles. The first-order chi connectivity index (χ1) is 7.62. The molecule has 0 aromatic rings. The Balaban J connectivity index is 2.80. The van der Waals surface area contributed by atoms with Gasteiger partial charge in [0.05, 0.1) is 6.61 Å². The molecule has 0 radical (unpaired) electrons. The van der Waals surface area contributed by atoms with Gasteiger partial charge in [-0.2, -0.15) is 0 Å². The zero-order chi connectivity index (χ0) is 12.2. The van der Waals surface area contributed by atoms with Gasteiger partial charge in [-0.3, -0.25) is 0 Å². The zero-order valence-corrected chi connectivity index (χ0v) is 10.1. The fourth-order valence-electron chi connectivity index (χ4n) is 2.06. The topological polar surface area (TPSA) is 66.4 Å². The summed E-state index contributed by atoms with van der Waals surface area (Å²) in [5, 5.41) is 10.2. The van der Waals surface area contributed by atoms with E-state index in [1.54, 1.807) is 14.2 Å². The highest BCUT2D eigenvalue weighted by molar-refractivity contribution is 4.97. The highest BCUT2D eigenvalue weighted by Gasteiger charge is 2.55. The van der Waals surface area contributed by atoms with Crippen molar-refractivity contribution in [2.24, 2.45) is 0 Å². The van der Waals surface area contributed by atoms with Crippen LogP contribution in [0.2, 0.25) is 0 Å². The summed E-state index contributed by atoms with van der Waals surface area (Å²) in [4.78, 5) is 0. The second-order valence-electron chi connectivity index (χ2n) is 3.75. The molecule has 0 saturated carbocycles. The maximum atomic E-state index is 10.2. The van der Waals surface area contributed by atoms with E-state index in [1.807, 2.05) is 0 Å². The molecule has 0 aromatic carbocycles. The summed E-state index contributed by atoms with van der Waals surface area (Å²) in [7, 11) is 6.09. The minimum atomic E-state index is -1.49. The molecule has 4 atom stereocenters. The molecule has 0 amide bonds.